The number of aryl methyl sites for hydroxylation is 1. The molecule has 1 aliphatic heterocycles. The number of pyridine rings is 1. The summed E-state index contributed by atoms with van der Waals surface area (Å²) in [5.41, 5.74) is 10.4. The Bertz CT molecular complexity index is 1440. The average Bonchev–Trinajstić information content (AvgIpc) is 3.55. The number of aromatic amines is 2. The Balaban J connectivity index is 1.32. The van der Waals surface area contributed by atoms with Crippen molar-refractivity contribution in [1.82, 2.24) is 25.1 Å². The van der Waals surface area contributed by atoms with Crippen molar-refractivity contribution in [2.24, 2.45) is 5.92 Å². The average molecular weight is 506 g/mol. The number of fused-ring (bicyclic) bond motifs is 1. The van der Waals surface area contributed by atoms with Crippen molar-refractivity contribution in [3.63, 3.8) is 0 Å². The van der Waals surface area contributed by atoms with E-state index in [-0.39, 0.29) is 0 Å². The van der Waals surface area contributed by atoms with Crippen LogP contribution in [0.3, 0.4) is 0 Å². The standard InChI is InChI=1S/C33H39N5/c1-3-10-32(38-15-8-5-9-16-38)28-20-31(35-23(28)2)33-29-19-26(13-14-30(29)36-37-33)27-18-25(21-34-22-27)17-24-11-6-4-7-12-24/h3,10,13-14,18-22,24,35H,1,4-9,11-12,15-17H2,2H3,(H,36,37)/b32-10+. The van der Waals surface area contributed by atoms with E-state index in [4.69, 9.17) is 5.10 Å². The molecule has 38 heavy (non-hydrogen) atoms. The van der Waals surface area contributed by atoms with Gasteiger partial charge in [0.1, 0.15) is 5.69 Å². The lowest BCUT2D eigenvalue weighted by molar-refractivity contribution is 0.326. The Labute approximate surface area is 226 Å². The molecule has 6 rings (SSSR count). The van der Waals surface area contributed by atoms with Crippen molar-refractivity contribution >= 4 is 16.6 Å². The lowest BCUT2D eigenvalue weighted by Crippen LogP contribution is -2.28. The van der Waals surface area contributed by atoms with Gasteiger partial charge in [-0.25, -0.2) is 0 Å². The number of allylic oxidation sites excluding steroid dienone is 2. The number of nitrogens with one attached hydrogen (secondary N) is 2. The Kier molecular flexibility index (Phi) is 7.17. The van der Waals surface area contributed by atoms with Crippen LogP contribution in [0.25, 0.3) is 39.1 Å². The molecule has 2 fully saturated rings. The van der Waals surface area contributed by atoms with Crippen LogP contribution in [-0.4, -0.2) is 38.2 Å². The summed E-state index contributed by atoms with van der Waals surface area (Å²) in [6.45, 7) is 8.34. The fourth-order valence-corrected chi connectivity index (χ4v) is 6.44. The predicted octanol–water partition coefficient (Wildman–Crippen LogP) is 8.06. The van der Waals surface area contributed by atoms with E-state index in [1.54, 1.807) is 0 Å². The molecule has 5 nitrogen and oxygen atoms in total. The van der Waals surface area contributed by atoms with Crippen LogP contribution in [0, 0.1) is 12.8 Å². The molecule has 1 saturated carbocycles. The van der Waals surface area contributed by atoms with E-state index >= 15 is 0 Å². The highest BCUT2D eigenvalue weighted by Gasteiger charge is 2.20. The first-order valence-electron chi connectivity index (χ1n) is 14.4. The summed E-state index contributed by atoms with van der Waals surface area (Å²) in [7, 11) is 0. The quantitative estimate of drug-likeness (QED) is 0.250. The maximum absolute atomic E-state index is 4.74. The van der Waals surface area contributed by atoms with Crippen molar-refractivity contribution in [2.75, 3.05) is 13.1 Å². The van der Waals surface area contributed by atoms with Gasteiger partial charge in [-0.3, -0.25) is 10.1 Å². The molecule has 1 aromatic carbocycles. The van der Waals surface area contributed by atoms with Gasteiger partial charge in [-0.1, -0.05) is 50.8 Å². The van der Waals surface area contributed by atoms with Crippen LogP contribution < -0.4 is 0 Å². The SMILES string of the molecule is C=C/C=C(\c1cc(-c2n[nH]c3ccc(-c4cncc(CC5CCCCC5)c4)cc23)[nH]c1C)N1CCCCC1. The van der Waals surface area contributed by atoms with Crippen LogP contribution in [0.5, 0.6) is 0 Å². The maximum atomic E-state index is 4.74. The minimum atomic E-state index is 0.805. The third kappa shape index (κ3) is 5.07. The first-order chi connectivity index (χ1) is 18.7. The molecular weight excluding hydrogens is 466 g/mol. The summed E-state index contributed by atoms with van der Waals surface area (Å²) >= 11 is 0. The largest absolute Gasteiger partial charge is 0.371 e. The summed E-state index contributed by atoms with van der Waals surface area (Å²) in [5, 5.41) is 9.12. The summed E-state index contributed by atoms with van der Waals surface area (Å²) in [5.74, 6) is 0.805. The molecule has 4 heterocycles. The maximum Gasteiger partial charge on any atom is 0.116 e. The predicted molar refractivity (Wildman–Crippen MR) is 158 cm³/mol. The fourth-order valence-electron chi connectivity index (χ4n) is 6.44. The molecule has 2 N–H and O–H groups in total. The van der Waals surface area contributed by atoms with Gasteiger partial charge in [0.15, 0.2) is 0 Å². The van der Waals surface area contributed by atoms with E-state index in [0.29, 0.717) is 0 Å². The first kappa shape index (κ1) is 24.7. The van der Waals surface area contributed by atoms with E-state index < -0.39 is 0 Å². The Morgan fingerprint density at radius 1 is 1.00 bits per heavy atom. The zero-order chi connectivity index (χ0) is 25.9. The van der Waals surface area contributed by atoms with Crippen molar-refractivity contribution in [2.45, 2.75) is 64.7 Å². The Morgan fingerprint density at radius 2 is 1.82 bits per heavy atom. The van der Waals surface area contributed by atoms with Crippen LogP contribution in [0.1, 0.15) is 68.2 Å². The van der Waals surface area contributed by atoms with Crippen LogP contribution in [0.4, 0.5) is 0 Å². The highest BCUT2D eigenvalue weighted by Crippen LogP contribution is 2.34. The number of hydrogen-bond acceptors (Lipinski definition) is 3. The molecule has 1 saturated heterocycles. The molecule has 0 unspecified atom stereocenters. The molecule has 0 atom stereocenters. The van der Waals surface area contributed by atoms with E-state index in [1.807, 2.05) is 12.3 Å². The smallest absolute Gasteiger partial charge is 0.116 e. The van der Waals surface area contributed by atoms with E-state index in [2.05, 4.69) is 76.1 Å². The Hall–Kier alpha value is -3.60. The zero-order valence-corrected chi connectivity index (χ0v) is 22.6. The highest BCUT2D eigenvalue weighted by molar-refractivity contribution is 5.95. The minimum absolute atomic E-state index is 0.805. The lowest BCUT2D eigenvalue weighted by atomic mass is 9.85. The minimum Gasteiger partial charge on any atom is -0.371 e. The highest BCUT2D eigenvalue weighted by atomic mass is 15.1. The van der Waals surface area contributed by atoms with Crippen molar-refractivity contribution in [1.29, 1.82) is 0 Å². The zero-order valence-electron chi connectivity index (χ0n) is 22.6. The molecule has 0 bridgehead atoms. The van der Waals surface area contributed by atoms with Gasteiger partial charge in [0.25, 0.3) is 0 Å². The molecule has 0 spiro atoms. The van der Waals surface area contributed by atoms with Gasteiger partial charge in [-0.2, -0.15) is 5.10 Å². The second kappa shape index (κ2) is 11.0. The van der Waals surface area contributed by atoms with Gasteiger partial charge in [0.05, 0.1) is 11.2 Å². The third-order valence-corrected chi connectivity index (χ3v) is 8.46. The number of rotatable bonds is 7. The number of benzene rings is 1. The van der Waals surface area contributed by atoms with Crippen LogP contribution in [0.2, 0.25) is 0 Å². The second-order valence-corrected chi connectivity index (χ2v) is 11.2. The monoisotopic (exact) mass is 505 g/mol. The molecule has 1 aliphatic carbocycles. The summed E-state index contributed by atoms with van der Waals surface area (Å²) in [6, 6.07) is 11.2. The van der Waals surface area contributed by atoms with E-state index in [0.717, 1.165) is 53.4 Å². The molecular formula is C33H39N5. The Morgan fingerprint density at radius 3 is 2.63 bits per heavy atom. The van der Waals surface area contributed by atoms with Gasteiger partial charge in [0.2, 0.25) is 0 Å². The number of hydrogen-bond donors (Lipinski definition) is 2. The third-order valence-electron chi connectivity index (χ3n) is 8.46. The summed E-state index contributed by atoms with van der Waals surface area (Å²) in [4.78, 5) is 10.8. The fraction of sp³-hybridized carbons (Fsp3) is 0.394. The molecule has 2 aliphatic rings. The normalized spacial score (nSPS) is 17.3. The van der Waals surface area contributed by atoms with Gasteiger partial charge < -0.3 is 9.88 Å². The molecule has 0 radical (unpaired) electrons. The van der Waals surface area contributed by atoms with Crippen LogP contribution >= 0.6 is 0 Å². The molecule has 196 valence electrons. The number of likely N-dealkylation sites (tertiary alicyclic amines) is 1. The number of aromatic nitrogens is 4. The van der Waals surface area contributed by atoms with Gasteiger partial charge >= 0.3 is 0 Å². The molecule has 0 amide bonds. The first-order valence-corrected chi connectivity index (χ1v) is 14.4. The van der Waals surface area contributed by atoms with E-state index in [9.17, 15) is 0 Å². The van der Waals surface area contributed by atoms with Crippen molar-refractivity contribution in [3.05, 3.63) is 78.3 Å². The molecule has 4 aromatic rings. The number of nitrogens with zero attached hydrogens (tertiary/aromatic N) is 3. The summed E-state index contributed by atoms with van der Waals surface area (Å²) < 4.78 is 0. The van der Waals surface area contributed by atoms with Crippen molar-refractivity contribution in [3.8, 4) is 22.5 Å². The van der Waals surface area contributed by atoms with Gasteiger partial charge in [-0.05, 0) is 80.0 Å². The van der Waals surface area contributed by atoms with Gasteiger partial charge in [0, 0.05) is 53.4 Å². The molecule has 5 heteroatoms. The lowest BCUT2D eigenvalue weighted by Gasteiger charge is -2.31. The summed E-state index contributed by atoms with van der Waals surface area (Å²) in [6.07, 6.45) is 19.9. The van der Waals surface area contributed by atoms with Gasteiger partial charge in [-0.15, -0.1) is 0 Å². The van der Waals surface area contributed by atoms with Crippen molar-refractivity contribution < 1.29 is 0 Å². The number of H-pyrrole nitrogens is 2. The topological polar surface area (TPSA) is 60.6 Å². The second-order valence-electron chi connectivity index (χ2n) is 11.2. The van der Waals surface area contributed by atoms with E-state index in [1.165, 1.54) is 79.3 Å². The van der Waals surface area contributed by atoms with Crippen LogP contribution in [-0.2, 0) is 6.42 Å². The van der Waals surface area contributed by atoms with Crippen LogP contribution in [0.15, 0.2) is 61.5 Å². The number of piperidine rings is 1. The molecule has 3 aromatic heterocycles.